The fourth-order valence-electron chi connectivity index (χ4n) is 4.94. The first-order chi connectivity index (χ1) is 10.8. The number of rotatable bonds is 3. The number of hydrogen-bond donors (Lipinski definition) is 1. The highest BCUT2D eigenvalue weighted by Gasteiger charge is 2.54. The molecular weight excluding hydrogens is 276 g/mol. The van der Waals surface area contributed by atoms with Gasteiger partial charge in [0, 0.05) is 24.9 Å². The number of fused-ring (bicyclic) bond motifs is 2. The Labute approximate surface area is 131 Å². The number of benzene rings is 1. The van der Waals surface area contributed by atoms with E-state index in [1.54, 1.807) is 0 Å². The SMILES string of the molecule is O=C(CCO)N1C[C@H](c2ccccc2)[C@H]2[C@@H]1C1CCN2CC1. The molecule has 22 heavy (non-hydrogen) atoms. The van der Waals surface area contributed by atoms with Crippen molar-refractivity contribution in [1.29, 1.82) is 0 Å². The molecule has 4 heteroatoms. The largest absolute Gasteiger partial charge is 0.396 e. The second-order valence-corrected chi connectivity index (χ2v) is 6.89. The summed E-state index contributed by atoms with van der Waals surface area (Å²) in [6.07, 6.45) is 2.69. The summed E-state index contributed by atoms with van der Waals surface area (Å²) in [6, 6.07) is 11.5. The summed E-state index contributed by atoms with van der Waals surface area (Å²) >= 11 is 0. The van der Waals surface area contributed by atoms with Crippen LogP contribution in [0, 0.1) is 5.92 Å². The fourth-order valence-corrected chi connectivity index (χ4v) is 4.94. The standard InChI is InChI=1S/C18H24N2O2/c21-11-8-16(22)20-12-15(13-4-2-1-3-5-13)18-17(20)14-6-9-19(18)10-7-14/h1-5,14-15,17-18,21H,6-12H2/t15-,17+,18+/m1/s1. The van der Waals surface area contributed by atoms with Crippen LogP contribution in [0.2, 0.25) is 0 Å². The van der Waals surface area contributed by atoms with Crippen molar-refractivity contribution in [3.05, 3.63) is 35.9 Å². The number of amides is 1. The Kier molecular flexibility index (Phi) is 3.66. The lowest BCUT2D eigenvalue weighted by Gasteiger charge is -2.51. The summed E-state index contributed by atoms with van der Waals surface area (Å²) in [5.41, 5.74) is 1.35. The topological polar surface area (TPSA) is 43.8 Å². The van der Waals surface area contributed by atoms with E-state index < -0.39 is 0 Å². The van der Waals surface area contributed by atoms with Crippen LogP contribution in [0.1, 0.15) is 30.7 Å². The Bertz CT molecular complexity index is 539. The van der Waals surface area contributed by atoms with Gasteiger partial charge in [0.1, 0.15) is 0 Å². The van der Waals surface area contributed by atoms with Crippen molar-refractivity contribution in [3.8, 4) is 0 Å². The fraction of sp³-hybridized carbons (Fsp3) is 0.611. The van der Waals surface area contributed by atoms with Crippen LogP contribution in [0.3, 0.4) is 0 Å². The Morgan fingerprint density at radius 2 is 1.86 bits per heavy atom. The summed E-state index contributed by atoms with van der Waals surface area (Å²) in [5.74, 6) is 1.19. The van der Waals surface area contributed by atoms with Gasteiger partial charge in [-0.15, -0.1) is 0 Å². The third-order valence-corrected chi connectivity index (χ3v) is 5.87. The molecular formula is C18H24N2O2. The van der Waals surface area contributed by atoms with Gasteiger partial charge < -0.3 is 10.0 Å². The minimum absolute atomic E-state index is 0.0445. The maximum absolute atomic E-state index is 12.5. The van der Waals surface area contributed by atoms with Gasteiger partial charge >= 0.3 is 0 Å². The smallest absolute Gasteiger partial charge is 0.225 e. The summed E-state index contributed by atoms with van der Waals surface area (Å²) in [5, 5.41) is 9.15. The van der Waals surface area contributed by atoms with Crippen molar-refractivity contribution >= 4 is 5.91 Å². The van der Waals surface area contributed by atoms with Gasteiger partial charge in [0.15, 0.2) is 0 Å². The monoisotopic (exact) mass is 300 g/mol. The summed E-state index contributed by atoms with van der Waals surface area (Å²) in [6.45, 7) is 3.12. The Hall–Kier alpha value is -1.39. The molecule has 5 rings (SSSR count). The van der Waals surface area contributed by atoms with E-state index in [-0.39, 0.29) is 18.9 Å². The van der Waals surface area contributed by atoms with E-state index >= 15 is 0 Å². The lowest BCUT2D eigenvalue weighted by Crippen LogP contribution is -2.60. The highest BCUT2D eigenvalue weighted by Crippen LogP contribution is 2.46. The molecule has 0 aliphatic carbocycles. The van der Waals surface area contributed by atoms with Gasteiger partial charge in [-0.1, -0.05) is 30.3 Å². The van der Waals surface area contributed by atoms with Crippen molar-refractivity contribution in [3.63, 3.8) is 0 Å². The first-order valence-electron chi connectivity index (χ1n) is 8.49. The van der Waals surface area contributed by atoms with Crippen LogP contribution in [0.4, 0.5) is 0 Å². The van der Waals surface area contributed by atoms with Crippen molar-refractivity contribution in [2.75, 3.05) is 26.2 Å². The van der Waals surface area contributed by atoms with E-state index in [1.807, 2.05) is 0 Å². The van der Waals surface area contributed by atoms with Crippen LogP contribution in [0.25, 0.3) is 0 Å². The number of aliphatic hydroxyl groups is 1. The first kappa shape index (κ1) is 14.2. The molecule has 1 aromatic carbocycles. The Balaban J connectivity index is 1.68. The lowest BCUT2D eigenvalue weighted by atomic mass is 9.75. The number of hydrogen-bond acceptors (Lipinski definition) is 3. The van der Waals surface area contributed by atoms with Crippen molar-refractivity contribution < 1.29 is 9.90 Å². The molecule has 4 heterocycles. The number of carbonyl (C=O) groups is 1. The van der Waals surface area contributed by atoms with Crippen LogP contribution in [0.15, 0.2) is 30.3 Å². The second-order valence-electron chi connectivity index (χ2n) is 6.89. The molecule has 0 aromatic heterocycles. The Morgan fingerprint density at radius 3 is 2.55 bits per heavy atom. The zero-order valence-corrected chi connectivity index (χ0v) is 12.9. The summed E-state index contributed by atoms with van der Waals surface area (Å²) in [4.78, 5) is 17.2. The Morgan fingerprint density at radius 1 is 1.14 bits per heavy atom. The average molecular weight is 300 g/mol. The van der Waals surface area contributed by atoms with E-state index in [9.17, 15) is 4.79 Å². The van der Waals surface area contributed by atoms with E-state index in [1.165, 1.54) is 31.5 Å². The number of carbonyl (C=O) groups excluding carboxylic acids is 1. The maximum Gasteiger partial charge on any atom is 0.225 e. The van der Waals surface area contributed by atoms with Crippen molar-refractivity contribution in [2.24, 2.45) is 5.92 Å². The van der Waals surface area contributed by atoms with Gasteiger partial charge in [-0.2, -0.15) is 0 Å². The molecule has 0 saturated carbocycles. The van der Waals surface area contributed by atoms with Gasteiger partial charge in [-0.05, 0) is 37.4 Å². The number of aliphatic hydroxyl groups excluding tert-OH is 1. The van der Waals surface area contributed by atoms with Crippen LogP contribution in [0.5, 0.6) is 0 Å². The third-order valence-electron chi connectivity index (χ3n) is 5.87. The predicted octanol–water partition coefficient (Wildman–Crippen LogP) is 1.46. The predicted molar refractivity (Wildman–Crippen MR) is 84.5 cm³/mol. The van der Waals surface area contributed by atoms with Crippen LogP contribution in [-0.2, 0) is 4.79 Å². The number of nitrogens with zero attached hydrogens (tertiary/aromatic N) is 2. The van der Waals surface area contributed by atoms with E-state index in [2.05, 4.69) is 40.1 Å². The number of piperidine rings is 3. The molecule has 4 saturated heterocycles. The van der Waals surface area contributed by atoms with Gasteiger partial charge in [-0.25, -0.2) is 0 Å². The zero-order valence-electron chi connectivity index (χ0n) is 12.9. The molecule has 118 valence electrons. The highest BCUT2D eigenvalue weighted by molar-refractivity contribution is 5.77. The molecule has 4 nitrogen and oxygen atoms in total. The zero-order chi connectivity index (χ0) is 15.1. The summed E-state index contributed by atoms with van der Waals surface area (Å²) in [7, 11) is 0. The average Bonchev–Trinajstić information content (AvgIpc) is 3.00. The van der Waals surface area contributed by atoms with Crippen molar-refractivity contribution in [2.45, 2.75) is 37.3 Å². The minimum Gasteiger partial charge on any atom is -0.396 e. The van der Waals surface area contributed by atoms with Gasteiger partial charge in [0.05, 0.1) is 12.6 Å². The van der Waals surface area contributed by atoms with Crippen LogP contribution in [-0.4, -0.2) is 59.1 Å². The molecule has 0 spiro atoms. The molecule has 0 unspecified atom stereocenters. The van der Waals surface area contributed by atoms with E-state index in [0.29, 0.717) is 23.9 Å². The van der Waals surface area contributed by atoms with Crippen LogP contribution >= 0.6 is 0 Å². The van der Waals surface area contributed by atoms with Crippen molar-refractivity contribution in [1.82, 2.24) is 9.80 Å². The minimum atomic E-state index is -0.0445. The normalized spacial score (nSPS) is 36.4. The van der Waals surface area contributed by atoms with E-state index in [0.717, 1.165) is 6.54 Å². The molecule has 4 aliphatic heterocycles. The molecule has 3 atom stereocenters. The molecule has 2 bridgehead atoms. The molecule has 0 radical (unpaired) electrons. The lowest BCUT2D eigenvalue weighted by molar-refractivity contribution is -0.136. The quantitative estimate of drug-likeness (QED) is 0.919. The number of likely N-dealkylation sites (tertiary alicyclic amines) is 1. The van der Waals surface area contributed by atoms with Gasteiger partial charge in [-0.3, -0.25) is 9.69 Å². The molecule has 1 aromatic rings. The van der Waals surface area contributed by atoms with Gasteiger partial charge in [0.25, 0.3) is 0 Å². The van der Waals surface area contributed by atoms with E-state index in [4.69, 9.17) is 5.11 Å². The third kappa shape index (κ3) is 2.17. The second kappa shape index (κ2) is 5.67. The molecule has 4 fully saturated rings. The molecule has 4 aliphatic rings. The molecule has 1 amide bonds. The highest BCUT2D eigenvalue weighted by atomic mass is 16.3. The van der Waals surface area contributed by atoms with Gasteiger partial charge in [0.2, 0.25) is 5.91 Å². The summed E-state index contributed by atoms with van der Waals surface area (Å²) < 4.78 is 0. The maximum atomic E-state index is 12.5. The van der Waals surface area contributed by atoms with Crippen LogP contribution < -0.4 is 0 Å². The first-order valence-corrected chi connectivity index (χ1v) is 8.49. The molecule has 1 N–H and O–H groups in total.